The lowest BCUT2D eigenvalue weighted by Crippen LogP contribution is -2.45. The van der Waals surface area contributed by atoms with Crippen molar-refractivity contribution in [3.05, 3.63) is 93.9 Å². The van der Waals surface area contributed by atoms with Crippen molar-refractivity contribution >= 4 is 41.4 Å². The fourth-order valence-corrected chi connectivity index (χ4v) is 5.15. The van der Waals surface area contributed by atoms with E-state index >= 15 is 0 Å². The second kappa shape index (κ2) is 14.5. The molecule has 0 bridgehead atoms. The maximum atomic E-state index is 12.8. The first kappa shape index (κ1) is 32.0. The monoisotopic (exact) mass is 617 g/mol. The molecule has 1 aliphatic rings. The molecule has 0 fully saturated rings. The highest BCUT2D eigenvalue weighted by molar-refractivity contribution is 7.80. The highest BCUT2D eigenvalue weighted by Gasteiger charge is 2.32. The Bertz CT molecular complexity index is 1630. The largest absolute Gasteiger partial charge is 0.483 e. The Morgan fingerprint density at radius 1 is 1.00 bits per heavy atom. The molecule has 0 saturated heterocycles. The van der Waals surface area contributed by atoms with Crippen molar-refractivity contribution < 1.29 is 28.6 Å². The SMILES string of the molecule is CCOC(=O)C1=C(C)NC(=S)N[C@H]1c1ccccc1OCC(=O)NN=Cc1cc(C)n(-c2ccc(C(=O)OCC)cc2)c1C. The molecular weight excluding hydrogens is 582 g/mol. The van der Waals surface area contributed by atoms with E-state index in [1.54, 1.807) is 57.3 Å². The molecular formula is C32H35N5O6S. The molecule has 0 spiro atoms. The fourth-order valence-electron chi connectivity index (χ4n) is 4.88. The number of aromatic nitrogens is 1. The van der Waals surface area contributed by atoms with Gasteiger partial charge in [-0.1, -0.05) is 18.2 Å². The van der Waals surface area contributed by atoms with Gasteiger partial charge in [0.15, 0.2) is 11.7 Å². The number of benzene rings is 2. The average Bonchev–Trinajstić information content (AvgIpc) is 3.28. The first-order chi connectivity index (χ1) is 21.1. The fraction of sp³-hybridized carbons (Fsp3) is 0.281. The number of esters is 2. The molecule has 0 unspecified atom stereocenters. The summed E-state index contributed by atoms with van der Waals surface area (Å²) in [5.74, 6) is -0.907. The summed E-state index contributed by atoms with van der Waals surface area (Å²) in [7, 11) is 0. The normalized spacial score (nSPS) is 14.6. The third-order valence-corrected chi connectivity index (χ3v) is 7.07. The number of hydrogen-bond acceptors (Lipinski definition) is 8. The Labute approximate surface area is 261 Å². The smallest absolute Gasteiger partial charge is 0.338 e. The van der Waals surface area contributed by atoms with E-state index in [0.29, 0.717) is 39.9 Å². The minimum absolute atomic E-state index is 0.222. The van der Waals surface area contributed by atoms with Crippen LogP contribution in [0.25, 0.3) is 5.69 Å². The molecule has 0 radical (unpaired) electrons. The lowest BCUT2D eigenvalue weighted by Gasteiger charge is -2.30. The number of aryl methyl sites for hydroxylation is 1. The molecule has 2 aromatic carbocycles. The second-order valence-electron chi connectivity index (χ2n) is 9.84. The van der Waals surface area contributed by atoms with Crippen LogP contribution >= 0.6 is 12.2 Å². The molecule has 1 atom stereocenters. The molecule has 12 heteroatoms. The van der Waals surface area contributed by atoms with Crippen LogP contribution in [0.2, 0.25) is 0 Å². The highest BCUT2D eigenvalue weighted by Crippen LogP contribution is 2.33. The van der Waals surface area contributed by atoms with Crippen LogP contribution in [0.4, 0.5) is 0 Å². The topological polar surface area (TPSA) is 132 Å². The Morgan fingerprint density at radius 3 is 2.39 bits per heavy atom. The molecule has 230 valence electrons. The van der Waals surface area contributed by atoms with Crippen molar-refractivity contribution in [2.45, 2.75) is 40.7 Å². The maximum absolute atomic E-state index is 12.8. The average molecular weight is 618 g/mol. The Hall–Kier alpha value is -4.97. The van der Waals surface area contributed by atoms with Crippen molar-refractivity contribution in [1.82, 2.24) is 20.6 Å². The van der Waals surface area contributed by atoms with Gasteiger partial charge in [-0.3, -0.25) is 4.79 Å². The quantitative estimate of drug-likeness (QED) is 0.126. The van der Waals surface area contributed by atoms with Crippen molar-refractivity contribution in [1.29, 1.82) is 0 Å². The predicted octanol–water partition coefficient (Wildman–Crippen LogP) is 4.16. The zero-order valence-corrected chi connectivity index (χ0v) is 26.0. The summed E-state index contributed by atoms with van der Waals surface area (Å²) in [6, 6.07) is 15.6. The van der Waals surface area contributed by atoms with E-state index in [2.05, 4.69) is 21.2 Å². The van der Waals surface area contributed by atoms with Gasteiger partial charge in [-0.2, -0.15) is 5.10 Å². The standard InChI is InChI=1S/C32H35N5O6S/c1-6-41-30(39)22-12-14-24(15-13-22)37-19(3)16-23(21(37)5)17-33-36-27(38)18-43-26-11-9-8-10-25(26)29-28(31(40)42-7-2)20(4)34-32(44)35-29/h8-17,29H,6-7,18H2,1-5H3,(H,36,38)(H2,34,35,44)/t29-/m0/s1. The molecule has 0 aliphatic carbocycles. The number of rotatable bonds is 11. The van der Waals surface area contributed by atoms with E-state index < -0.39 is 17.9 Å². The molecule has 1 aliphatic heterocycles. The second-order valence-corrected chi connectivity index (χ2v) is 10.2. The van der Waals surface area contributed by atoms with Gasteiger partial charge in [0.25, 0.3) is 5.91 Å². The van der Waals surface area contributed by atoms with E-state index in [1.807, 2.05) is 42.7 Å². The number of thiocarbonyl (C=S) groups is 1. The number of para-hydroxylation sites is 1. The van der Waals surface area contributed by atoms with Crippen LogP contribution < -0.4 is 20.8 Å². The number of ether oxygens (including phenoxy) is 3. The first-order valence-electron chi connectivity index (χ1n) is 14.1. The zero-order chi connectivity index (χ0) is 31.8. The van der Waals surface area contributed by atoms with Crippen LogP contribution in [0, 0.1) is 13.8 Å². The van der Waals surface area contributed by atoms with Crippen LogP contribution in [0.15, 0.2) is 71.0 Å². The molecule has 1 aromatic heterocycles. The predicted molar refractivity (Wildman–Crippen MR) is 170 cm³/mol. The van der Waals surface area contributed by atoms with Gasteiger partial charge in [0.05, 0.1) is 36.6 Å². The molecule has 3 aromatic rings. The van der Waals surface area contributed by atoms with Crippen LogP contribution in [-0.2, 0) is 19.1 Å². The Balaban J connectivity index is 1.42. The molecule has 4 rings (SSSR count). The summed E-state index contributed by atoms with van der Waals surface area (Å²) in [4.78, 5) is 37.4. The van der Waals surface area contributed by atoms with Gasteiger partial charge < -0.3 is 29.4 Å². The van der Waals surface area contributed by atoms with Gasteiger partial charge in [0.2, 0.25) is 0 Å². The van der Waals surface area contributed by atoms with Crippen molar-refractivity contribution in [2.24, 2.45) is 5.10 Å². The summed E-state index contributed by atoms with van der Waals surface area (Å²) in [5, 5.41) is 10.5. The number of carbonyl (C=O) groups is 3. The molecule has 1 amide bonds. The lowest BCUT2D eigenvalue weighted by molar-refractivity contribution is -0.139. The number of amides is 1. The van der Waals surface area contributed by atoms with E-state index in [1.165, 1.54) is 0 Å². The van der Waals surface area contributed by atoms with Crippen molar-refractivity contribution in [3.63, 3.8) is 0 Å². The van der Waals surface area contributed by atoms with Crippen molar-refractivity contribution in [2.75, 3.05) is 19.8 Å². The van der Waals surface area contributed by atoms with Gasteiger partial charge >= 0.3 is 11.9 Å². The van der Waals surface area contributed by atoms with E-state index in [4.69, 9.17) is 26.4 Å². The third-order valence-electron chi connectivity index (χ3n) is 6.85. The molecule has 44 heavy (non-hydrogen) atoms. The summed E-state index contributed by atoms with van der Waals surface area (Å²) >= 11 is 5.32. The summed E-state index contributed by atoms with van der Waals surface area (Å²) in [5.41, 5.74) is 8.10. The van der Waals surface area contributed by atoms with E-state index in [0.717, 1.165) is 22.6 Å². The van der Waals surface area contributed by atoms with E-state index in [9.17, 15) is 14.4 Å². The van der Waals surface area contributed by atoms with Gasteiger partial charge in [-0.25, -0.2) is 15.0 Å². The van der Waals surface area contributed by atoms with Gasteiger partial charge in [0.1, 0.15) is 5.75 Å². The van der Waals surface area contributed by atoms with Crippen molar-refractivity contribution in [3.8, 4) is 11.4 Å². The number of allylic oxidation sites excluding steroid dienone is 1. The minimum atomic E-state index is -0.628. The first-order valence-corrected chi connectivity index (χ1v) is 14.5. The highest BCUT2D eigenvalue weighted by atomic mass is 32.1. The van der Waals surface area contributed by atoms with Crippen LogP contribution in [0.3, 0.4) is 0 Å². The molecule has 2 heterocycles. The maximum Gasteiger partial charge on any atom is 0.338 e. The van der Waals surface area contributed by atoms with Crippen LogP contribution in [0.1, 0.15) is 59.7 Å². The summed E-state index contributed by atoms with van der Waals surface area (Å²) in [6.07, 6.45) is 1.57. The number of nitrogens with zero attached hydrogens (tertiary/aromatic N) is 2. The summed E-state index contributed by atoms with van der Waals surface area (Å²) < 4.78 is 18.2. The molecule has 11 nitrogen and oxygen atoms in total. The number of hydrazone groups is 1. The number of carbonyl (C=O) groups excluding carboxylic acids is 3. The summed E-state index contributed by atoms with van der Waals surface area (Å²) in [6.45, 7) is 9.38. The third kappa shape index (κ3) is 7.32. The van der Waals surface area contributed by atoms with E-state index in [-0.39, 0.29) is 19.2 Å². The van der Waals surface area contributed by atoms with Gasteiger partial charge in [-0.15, -0.1) is 0 Å². The molecule has 0 saturated carbocycles. The van der Waals surface area contributed by atoms with Gasteiger partial charge in [-0.05, 0) is 83.2 Å². The number of nitrogens with one attached hydrogen (secondary N) is 3. The number of hydrogen-bond donors (Lipinski definition) is 3. The van der Waals surface area contributed by atoms with Crippen LogP contribution in [0.5, 0.6) is 5.75 Å². The Kier molecular flexibility index (Phi) is 10.5. The van der Waals surface area contributed by atoms with Crippen LogP contribution in [-0.4, -0.2) is 53.6 Å². The lowest BCUT2D eigenvalue weighted by atomic mass is 9.95. The minimum Gasteiger partial charge on any atom is -0.483 e. The Morgan fingerprint density at radius 2 is 1.68 bits per heavy atom. The zero-order valence-electron chi connectivity index (χ0n) is 25.2. The molecule has 3 N–H and O–H groups in total. The van der Waals surface area contributed by atoms with Gasteiger partial charge in [0, 0.05) is 33.9 Å².